The van der Waals surface area contributed by atoms with Gasteiger partial charge in [-0.3, -0.25) is 4.98 Å². The molecule has 1 N–H and O–H groups in total. The minimum atomic E-state index is -0.742. The highest BCUT2D eigenvalue weighted by Crippen LogP contribution is 2.37. The number of aromatic nitrogens is 1. The number of nitrogens with zero attached hydrogens (tertiary/aromatic N) is 1. The Bertz CT molecular complexity index is 361. The Balaban J connectivity index is 2.02. The summed E-state index contributed by atoms with van der Waals surface area (Å²) in [5, 5.41) is 10.2. The normalized spacial score (nSPS) is 26.8. The van der Waals surface area contributed by atoms with Crippen LogP contribution < -0.4 is 0 Å². The van der Waals surface area contributed by atoms with Gasteiger partial charge in [0, 0.05) is 6.20 Å². The van der Waals surface area contributed by atoms with E-state index in [1.54, 1.807) is 12.3 Å². The Kier molecular flexibility index (Phi) is 4.11. The minimum Gasteiger partial charge on any atom is -0.386 e. The second-order valence-electron chi connectivity index (χ2n) is 5.00. The van der Waals surface area contributed by atoms with Gasteiger partial charge in [0.25, 0.3) is 0 Å². The van der Waals surface area contributed by atoms with E-state index in [1.165, 1.54) is 12.5 Å². The maximum absolute atomic E-state index is 13.5. The number of pyridine rings is 1. The summed E-state index contributed by atoms with van der Waals surface area (Å²) in [6.07, 6.45) is 6.26. The van der Waals surface area contributed by atoms with Gasteiger partial charge in [-0.05, 0) is 36.8 Å². The monoisotopic (exact) mass is 237 g/mol. The van der Waals surface area contributed by atoms with Crippen LogP contribution in [-0.4, -0.2) is 10.1 Å². The summed E-state index contributed by atoms with van der Waals surface area (Å²) < 4.78 is 13.5. The van der Waals surface area contributed by atoms with Crippen LogP contribution in [-0.2, 0) is 0 Å². The largest absolute Gasteiger partial charge is 0.386 e. The van der Waals surface area contributed by atoms with Crippen molar-refractivity contribution in [1.29, 1.82) is 0 Å². The molecule has 0 amide bonds. The van der Waals surface area contributed by atoms with Crippen molar-refractivity contribution in [2.24, 2.45) is 11.8 Å². The summed E-state index contributed by atoms with van der Waals surface area (Å²) >= 11 is 0. The van der Waals surface area contributed by atoms with Crippen LogP contribution in [0.2, 0.25) is 0 Å². The van der Waals surface area contributed by atoms with E-state index in [0.717, 1.165) is 31.6 Å². The molecule has 1 aliphatic carbocycles. The van der Waals surface area contributed by atoms with E-state index in [1.807, 2.05) is 0 Å². The first-order valence-corrected chi connectivity index (χ1v) is 6.50. The molecule has 94 valence electrons. The maximum atomic E-state index is 13.5. The molecule has 1 heterocycles. The molecule has 1 unspecified atom stereocenters. The first-order chi connectivity index (χ1) is 8.22. The second-order valence-corrected chi connectivity index (χ2v) is 5.00. The molecule has 1 aromatic rings. The smallest absolute Gasteiger partial charge is 0.147 e. The third kappa shape index (κ3) is 2.83. The Morgan fingerprint density at radius 1 is 1.41 bits per heavy atom. The predicted molar refractivity (Wildman–Crippen MR) is 64.9 cm³/mol. The first kappa shape index (κ1) is 12.5. The van der Waals surface area contributed by atoms with Crippen molar-refractivity contribution in [3.05, 3.63) is 29.8 Å². The van der Waals surface area contributed by atoms with E-state index < -0.39 is 11.9 Å². The van der Waals surface area contributed by atoms with Crippen molar-refractivity contribution in [2.45, 2.75) is 45.1 Å². The minimum absolute atomic E-state index is 0.169. The lowest BCUT2D eigenvalue weighted by Gasteiger charge is -2.30. The highest BCUT2D eigenvalue weighted by atomic mass is 19.1. The molecule has 1 aliphatic rings. The summed E-state index contributed by atoms with van der Waals surface area (Å²) in [4.78, 5) is 3.97. The number of halogens is 1. The molecule has 2 nitrogen and oxygen atoms in total. The van der Waals surface area contributed by atoms with Gasteiger partial charge in [-0.25, -0.2) is 4.39 Å². The predicted octanol–water partition coefficient (Wildman–Crippen LogP) is 3.47. The van der Waals surface area contributed by atoms with Crippen molar-refractivity contribution < 1.29 is 9.50 Å². The van der Waals surface area contributed by atoms with Crippen LogP contribution in [0.15, 0.2) is 18.3 Å². The van der Waals surface area contributed by atoms with E-state index in [0.29, 0.717) is 0 Å². The number of hydrogen-bond donors (Lipinski definition) is 1. The van der Waals surface area contributed by atoms with Gasteiger partial charge in [0.15, 0.2) is 0 Å². The Labute approximate surface area is 102 Å². The van der Waals surface area contributed by atoms with Crippen LogP contribution in [0.25, 0.3) is 0 Å². The third-order valence-electron chi connectivity index (χ3n) is 3.98. The molecular formula is C14H20FNO. The molecule has 1 fully saturated rings. The molecule has 0 bridgehead atoms. The average Bonchev–Trinajstić information content (AvgIpc) is 2.39. The summed E-state index contributed by atoms with van der Waals surface area (Å²) in [7, 11) is 0. The number of aliphatic hydroxyl groups excluding tert-OH is 1. The lowest BCUT2D eigenvalue weighted by molar-refractivity contribution is 0.0664. The topological polar surface area (TPSA) is 33.1 Å². The van der Waals surface area contributed by atoms with Crippen molar-refractivity contribution in [3.63, 3.8) is 0 Å². The summed E-state index contributed by atoms with van der Waals surface area (Å²) in [5.41, 5.74) is 0.215. The van der Waals surface area contributed by atoms with Gasteiger partial charge in [0.1, 0.15) is 17.6 Å². The Morgan fingerprint density at radius 2 is 2.12 bits per heavy atom. The fraction of sp³-hybridized carbons (Fsp3) is 0.643. The molecule has 2 rings (SSSR count). The van der Waals surface area contributed by atoms with Gasteiger partial charge in [0.05, 0.1) is 0 Å². The van der Waals surface area contributed by atoms with E-state index in [9.17, 15) is 9.50 Å². The zero-order valence-corrected chi connectivity index (χ0v) is 10.3. The van der Waals surface area contributed by atoms with Crippen molar-refractivity contribution >= 4 is 0 Å². The van der Waals surface area contributed by atoms with Gasteiger partial charge in [-0.2, -0.15) is 0 Å². The highest BCUT2D eigenvalue weighted by molar-refractivity contribution is 5.11. The van der Waals surface area contributed by atoms with Gasteiger partial charge in [-0.15, -0.1) is 0 Å². The molecule has 0 aliphatic heterocycles. The van der Waals surface area contributed by atoms with E-state index >= 15 is 0 Å². The van der Waals surface area contributed by atoms with E-state index in [2.05, 4.69) is 11.9 Å². The van der Waals surface area contributed by atoms with Gasteiger partial charge in [-0.1, -0.05) is 26.2 Å². The van der Waals surface area contributed by atoms with Gasteiger partial charge >= 0.3 is 0 Å². The van der Waals surface area contributed by atoms with Crippen LogP contribution in [0.4, 0.5) is 4.39 Å². The first-order valence-electron chi connectivity index (χ1n) is 6.50. The van der Waals surface area contributed by atoms with Crippen molar-refractivity contribution in [1.82, 2.24) is 4.98 Å². The maximum Gasteiger partial charge on any atom is 0.147 e. The molecule has 0 radical (unpaired) electrons. The van der Waals surface area contributed by atoms with E-state index in [-0.39, 0.29) is 11.6 Å². The molecule has 3 heteroatoms. The van der Waals surface area contributed by atoms with Gasteiger partial charge in [0.2, 0.25) is 0 Å². The zero-order chi connectivity index (χ0) is 12.3. The molecule has 1 atom stereocenters. The quantitative estimate of drug-likeness (QED) is 0.873. The number of aliphatic hydroxyl groups is 1. The lowest BCUT2D eigenvalue weighted by atomic mass is 9.78. The average molecular weight is 237 g/mol. The van der Waals surface area contributed by atoms with Crippen LogP contribution in [0.1, 0.15) is 50.8 Å². The van der Waals surface area contributed by atoms with Crippen LogP contribution in [0, 0.1) is 17.7 Å². The molecule has 0 saturated heterocycles. The SMILES string of the molecule is CCC1CCC(C(O)c2ncccc2F)CC1. The molecule has 0 aromatic carbocycles. The molecule has 17 heavy (non-hydrogen) atoms. The summed E-state index contributed by atoms with van der Waals surface area (Å²) in [6, 6.07) is 2.92. The summed E-state index contributed by atoms with van der Waals surface area (Å²) in [6.45, 7) is 2.21. The fourth-order valence-electron chi connectivity index (χ4n) is 2.75. The molecular weight excluding hydrogens is 217 g/mol. The molecule has 0 spiro atoms. The van der Waals surface area contributed by atoms with Crippen LogP contribution in [0.5, 0.6) is 0 Å². The van der Waals surface area contributed by atoms with Crippen molar-refractivity contribution in [3.8, 4) is 0 Å². The third-order valence-corrected chi connectivity index (χ3v) is 3.98. The summed E-state index contributed by atoms with van der Waals surface area (Å²) in [5.74, 6) is 0.562. The Hall–Kier alpha value is -0.960. The second kappa shape index (κ2) is 5.58. The molecule has 1 saturated carbocycles. The van der Waals surface area contributed by atoms with E-state index in [4.69, 9.17) is 0 Å². The number of hydrogen-bond acceptors (Lipinski definition) is 2. The Morgan fingerprint density at radius 3 is 2.71 bits per heavy atom. The van der Waals surface area contributed by atoms with Crippen LogP contribution >= 0.6 is 0 Å². The fourth-order valence-corrected chi connectivity index (χ4v) is 2.75. The number of rotatable bonds is 3. The van der Waals surface area contributed by atoms with Crippen molar-refractivity contribution in [2.75, 3.05) is 0 Å². The highest BCUT2D eigenvalue weighted by Gasteiger charge is 2.28. The van der Waals surface area contributed by atoms with Gasteiger partial charge < -0.3 is 5.11 Å². The zero-order valence-electron chi connectivity index (χ0n) is 10.3. The van der Waals surface area contributed by atoms with Crippen LogP contribution in [0.3, 0.4) is 0 Å². The lowest BCUT2D eigenvalue weighted by Crippen LogP contribution is -2.21. The molecule has 1 aromatic heterocycles. The standard InChI is InChI=1S/C14H20FNO/c1-2-10-5-7-11(8-6-10)14(17)13-12(15)4-3-9-16-13/h3-4,9-11,14,17H,2,5-8H2,1H3.